The third-order valence-corrected chi connectivity index (χ3v) is 5.23. The highest BCUT2D eigenvalue weighted by molar-refractivity contribution is 7.13. The molecule has 0 saturated heterocycles. The van der Waals surface area contributed by atoms with Crippen LogP contribution in [0.4, 0.5) is 0 Å². The number of aryl methyl sites for hydroxylation is 1. The summed E-state index contributed by atoms with van der Waals surface area (Å²) < 4.78 is 5.27. The van der Waals surface area contributed by atoms with E-state index in [4.69, 9.17) is 4.52 Å². The molecule has 7 heteroatoms. The van der Waals surface area contributed by atoms with Crippen molar-refractivity contribution in [3.63, 3.8) is 0 Å². The summed E-state index contributed by atoms with van der Waals surface area (Å²) in [7, 11) is 0. The van der Waals surface area contributed by atoms with E-state index in [1.165, 1.54) is 4.90 Å². The quantitative estimate of drug-likeness (QED) is 0.469. The minimum Gasteiger partial charge on any atom is -0.339 e. The van der Waals surface area contributed by atoms with Gasteiger partial charge >= 0.3 is 0 Å². The van der Waals surface area contributed by atoms with E-state index in [2.05, 4.69) is 10.1 Å². The number of carbonyl (C=O) groups is 2. The Kier molecular flexibility index (Phi) is 4.62. The Morgan fingerprint density at radius 1 is 0.962 bits per heavy atom. The molecule has 0 radical (unpaired) electrons. The van der Waals surface area contributed by atoms with Crippen LogP contribution in [0.25, 0.3) is 10.7 Å². The van der Waals surface area contributed by atoms with Crippen LogP contribution < -0.4 is 0 Å². The van der Waals surface area contributed by atoms with E-state index in [1.807, 2.05) is 17.5 Å². The molecule has 0 fully saturated rings. The Labute approximate surface area is 154 Å². The van der Waals surface area contributed by atoms with Gasteiger partial charge in [0.15, 0.2) is 0 Å². The third kappa shape index (κ3) is 3.17. The van der Waals surface area contributed by atoms with Gasteiger partial charge in [0.05, 0.1) is 16.0 Å². The molecule has 4 rings (SSSR count). The van der Waals surface area contributed by atoms with Crippen molar-refractivity contribution in [2.24, 2.45) is 0 Å². The highest BCUT2D eigenvalue weighted by atomic mass is 32.1. The number of benzene rings is 1. The lowest BCUT2D eigenvalue weighted by molar-refractivity contribution is 0.0651. The lowest BCUT2D eigenvalue weighted by atomic mass is 10.1. The van der Waals surface area contributed by atoms with Crippen molar-refractivity contribution in [3.8, 4) is 10.7 Å². The standard InChI is InChI=1S/C19H17N3O3S/c23-18-13-7-3-4-8-14(13)19(24)22(18)11-5-1-2-10-16-20-17(21-25-16)15-9-6-12-26-15/h3-4,6-9,12H,1-2,5,10-11H2. The van der Waals surface area contributed by atoms with Crippen molar-refractivity contribution in [1.82, 2.24) is 15.0 Å². The van der Waals surface area contributed by atoms with Gasteiger partial charge in [-0.3, -0.25) is 14.5 Å². The molecule has 0 spiro atoms. The lowest BCUT2D eigenvalue weighted by Gasteiger charge is -2.13. The predicted octanol–water partition coefficient (Wildman–Crippen LogP) is 3.81. The number of fused-ring (bicyclic) bond motifs is 1. The van der Waals surface area contributed by atoms with E-state index < -0.39 is 0 Å². The first-order valence-electron chi connectivity index (χ1n) is 8.56. The first kappa shape index (κ1) is 16.7. The molecule has 1 aromatic carbocycles. The summed E-state index contributed by atoms with van der Waals surface area (Å²) in [6.07, 6.45) is 3.21. The molecule has 0 N–H and O–H groups in total. The van der Waals surface area contributed by atoms with Crippen molar-refractivity contribution in [1.29, 1.82) is 0 Å². The molecule has 0 saturated carbocycles. The van der Waals surface area contributed by atoms with Crippen molar-refractivity contribution >= 4 is 23.2 Å². The third-order valence-electron chi connectivity index (χ3n) is 4.36. The van der Waals surface area contributed by atoms with Gasteiger partial charge in [0.25, 0.3) is 11.8 Å². The van der Waals surface area contributed by atoms with Gasteiger partial charge in [-0.1, -0.05) is 29.8 Å². The summed E-state index contributed by atoms with van der Waals surface area (Å²) in [5.74, 6) is 0.862. The fourth-order valence-corrected chi connectivity index (χ4v) is 3.68. The van der Waals surface area contributed by atoms with Crippen LogP contribution in [0.2, 0.25) is 0 Å². The zero-order chi connectivity index (χ0) is 17.9. The number of rotatable bonds is 7. The lowest BCUT2D eigenvalue weighted by Crippen LogP contribution is -2.30. The van der Waals surface area contributed by atoms with Crippen LogP contribution in [0.1, 0.15) is 45.9 Å². The number of thiophene rings is 1. The Balaban J connectivity index is 1.24. The zero-order valence-electron chi connectivity index (χ0n) is 14.1. The highest BCUT2D eigenvalue weighted by Crippen LogP contribution is 2.23. The van der Waals surface area contributed by atoms with Crippen LogP contribution in [-0.4, -0.2) is 33.4 Å². The van der Waals surface area contributed by atoms with E-state index in [0.29, 0.717) is 35.8 Å². The number of amides is 2. The molecule has 0 aliphatic carbocycles. The molecule has 0 unspecified atom stereocenters. The van der Waals surface area contributed by atoms with Crippen LogP contribution in [0, 0.1) is 0 Å². The van der Waals surface area contributed by atoms with Crippen LogP contribution >= 0.6 is 11.3 Å². The summed E-state index contributed by atoms with van der Waals surface area (Å²) in [6, 6.07) is 10.9. The van der Waals surface area contributed by atoms with Gasteiger partial charge in [-0.2, -0.15) is 4.98 Å². The number of hydrogen-bond donors (Lipinski definition) is 0. The van der Waals surface area contributed by atoms with Gasteiger partial charge in [-0.15, -0.1) is 11.3 Å². The molecule has 26 heavy (non-hydrogen) atoms. The molecule has 2 aromatic heterocycles. The van der Waals surface area contributed by atoms with Crippen molar-refractivity contribution < 1.29 is 14.1 Å². The van der Waals surface area contributed by atoms with Gasteiger partial charge in [0.1, 0.15) is 0 Å². The van der Waals surface area contributed by atoms with Crippen molar-refractivity contribution in [2.75, 3.05) is 6.54 Å². The minimum absolute atomic E-state index is 0.192. The van der Waals surface area contributed by atoms with Gasteiger partial charge < -0.3 is 4.52 Å². The van der Waals surface area contributed by atoms with Crippen LogP contribution in [0.3, 0.4) is 0 Å². The van der Waals surface area contributed by atoms with Gasteiger partial charge in [0, 0.05) is 13.0 Å². The largest absolute Gasteiger partial charge is 0.339 e. The molecule has 3 heterocycles. The smallest absolute Gasteiger partial charge is 0.261 e. The Morgan fingerprint density at radius 3 is 2.42 bits per heavy atom. The Hall–Kier alpha value is -2.80. The fourth-order valence-electron chi connectivity index (χ4n) is 3.03. The molecule has 132 valence electrons. The maximum Gasteiger partial charge on any atom is 0.261 e. The molecular weight excluding hydrogens is 350 g/mol. The Morgan fingerprint density at radius 2 is 1.73 bits per heavy atom. The maximum absolute atomic E-state index is 12.3. The first-order chi connectivity index (χ1) is 12.7. The second-order valence-electron chi connectivity index (χ2n) is 6.11. The number of carbonyl (C=O) groups excluding carboxylic acids is 2. The SMILES string of the molecule is O=C1c2ccccc2C(=O)N1CCCCCc1nc(-c2cccs2)no1. The van der Waals surface area contributed by atoms with Crippen LogP contribution in [-0.2, 0) is 6.42 Å². The number of imide groups is 1. The molecule has 0 atom stereocenters. The van der Waals surface area contributed by atoms with E-state index in [1.54, 1.807) is 35.6 Å². The first-order valence-corrected chi connectivity index (χ1v) is 9.43. The summed E-state index contributed by atoms with van der Waals surface area (Å²) >= 11 is 1.58. The molecule has 6 nitrogen and oxygen atoms in total. The van der Waals surface area contributed by atoms with Gasteiger partial charge in [0.2, 0.25) is 11.7 Å². The molecule has 2 amide bonds. The Bertz CT molecular complexity index is 898. The topological polar surface area (TPSA) is 76.3 Å². The average molecular weight is 367 g/mol. The van der Waals surface area contributed by atoms with E-state index in [9.17, 15) is 9.59 Å². The second kappa shape index (κ2) is 7.21. The van der Waals surface area contributed by atoms with Crippen LogP contribution in [0.5, 0.6) is 0 Å². The number of unbranched alkanes of at least 4 members (excludes halogenated alkanes) is 2. The number of nitrogens with zero attached hydrogens (tertiary/aromatic N) is 3. The summed E-state index contributed by atoms with van der Waals surface area (Å²) in [5.41, 5.74) is 1.01. The summed E-state index contributed by atoms with van der Waals surface area (Å²) in [5, 5.41) is 5.97. The van der Waals surface area contributed by atoms with Gasteiger partial charge in [-0.05, 0) is 36.4 Å². The normalized spacial score (nSPS) is 13.5. The predicted molar refractivity (Wildman–Crippen MR) is 97.0 cm³/mol. The minimum atomic E-state index is -0.192. The second-order valence-corrected chi connectivity index (χ2v) is 7.05. The number of hydrogen-bond acceptors (Lipinski definition) is 6. The molecular formula is C19H17N3O3S. The highest BCUT2D eigenvalue weighted by Gasteiger charge is 2.34. The fraction of sp³-hybridized carbons (Fsp3) is 0.263. The molecule has 0 bridgehead atoms. The monoisotopic (exact) mass is 367 g/mol. The van der Waals surface area contributed by atoms with E-state index in [0.717, 1.165) is 24.1 Å². The van der Waals surface area contributed by atoms with Crippen molar-refractivity contribution in [3.05, 3.63) is 58.8 Å². The van der Waals surface area contributed by atoms with Crippen LogP contribution in [0.15, 0.2) is 46.3 Å². The number of aromatic nitrogens is 2. The molecule has 3 aromatic rings. The van der Waals surface area contributed by atoms with E-state index >= 15 is 0 Å². The summed E-state index contributed by atoms with van der Waals surface area (Å²) in [4.78, 5) is 31.3. The molecule has 1 aliphatic heterocycles. The van der Waals surface area contributed by atoms with Gasteiger partial charge in [-0.25, -0.2) is 0 Å². The average Bonchev–Trinajstić information content (AvgIpc) is 3.38. The molecule has 1 aliphatic rings. The van der Waals surface area contributed by atoms with Crippen molar-refractivity contribution in [2.45, 2.75) is 25.7 Å². The summed E-state index contributed by atoms with van der Waals surface area (Å²) in [6.45, 7) is 0.441. The zero-order valence-corrected chi connectivity index (χ0v) is 14.9. The van der Waals surface area contributed by atoms with E-state index in [-0.39, 0.29) is 11.8 Å². The maximum atomic E-state index is 12.3.